The van der Waals surface area contributed by atoms with Crippen molar-refractivity contribution in [3.8, 4) is 0 Å². The zero-order valence-electron chi connectivity index (χ0n) is 20.0. The number of rotatable bonds is 10. The molecule has 0 saturated carbocycles. The zero-order chi connectivity index (χ0) is 25.5. The quantitative estimate of drug-likeness (QED) is 0.534. The van der Waals surface area contributed by atoms with Crippen molar-refractivity contribution < 1.29 is 27.6 Å². The Balaban J connectivity index is 2.17. The van der Waals surface area contributed by atoms with Crippen LogP contribution >= 0.6 is 0 Å². The predicted octanol–water partition coefficient (Wildman–Crippen LogP) is 2.49. The van der Waals surface area contributed by atoms with Gasteiger partial charge in [-0.15, -0.1) is 0 Å². The molecular formula is C24H35F3N4O3. The summed E-state index contributed by atoms with van der Waals surface area (Å²) >= 11 is 0. The molecule has 0 aliphatic carbocycles. The van der Waals surface area contributed by atoms with Crippen molar-refractivity contribution in [1.82, 2.24) is 15.1 Å². The van der Waals surface area contributed by atoms with E-state index in [1.54, 1.807) is 51.1 Å². The fourth-order valence-electron chi connectivity index (χ4n) is 4.07. The van der Waals surface area contributed by atoms with Crippen molar-refractivity contribution in [2.45, 2.75) is 70.8 Å². The van der Waals surface area contributed by atoms with Crippen LogP contribution in [0, 0.1) is 5.92 Å². The predicted molar refractivity (Wildman–Crippen MR) is 123 cm³/mol. The van der Waals surface area contributed by atoms with E-state index in [0.29, 0.717) is 25.8 Å². The van der Waals surface area contributed by atoms with Gasteiger partial charge in [-0.3, -0.25) is 14.4 Å². The number of likely N-dealkylation sites (tertiary alicyclic amines) is 1. The number of alkyl halides is 3. The first kappa shape index (κ1) is 27.6. The number of amides is 3. The Morgan fingerprint density at radius 2 is 1.85 bits per heavy atom. The van der Waals surface area contributed by atoms with Crippen LogP contribution in [0.25, 0.3) is 0 Å². The summed E-state index contributed by atoms with van der Waals surface area (Å²) in [6, 6.07) is 6.80. The number of nitrogens with one attached hydrogen (secondary N) is 1. The molecule has 190 valence electrons. The van der Waals surface area contributed by atoms with Gasteiger partial charge in [0, 0.05) is 25.7 Å². The standard InChI is InChI=1S/C24H35F3N4O3/c1-4-19(28)21(32)29-20(16(2)3)22(33)31-13-8-11-18(31)15-30(23(34)24(25,26)27)14-12-17-9-6-5-7-10-17/h5-7,9-10,16,18-20H,4,8,11-15,28H2,1-3H3,(H,29,32)/t18-,19-,20-/m0/s1. The molecule has 1 aromatic rings. The molecule has 3 N–H and O–H groups in total. The molecule has 1 aliphatic rings. The molecule has 0 spiro atoms. The summed E-state index contributed by atoms with van der Waals surface area (Å²) in [6.45, 7) is 5.35. The van der Waals surface area contributed by atoms with Gasteiger partial charge >= 0.3 is 12.1 Å². The average molecular weight is 485 g/mol. The van der Waals surface area contributed by atoms with Crippen molar-refractivity contribution in [3.05, 3.63) is 35.9 Å². The summed E-state index contributed by atoms with van der Waals surface area (Å²) in [5, 5.41) is 2.70. The molecule has 7 nitrogen and oxygen atoms in total. The van der Waals surface area contributed by atoms with Crippen molar-refractivity contribution in [3.63, 3.8) is 0 Å². The van der Waals surface area contributed by atoms with Crippen LogP contribution in [-0.4, -0.2) is 71.5 Å². The highest BCUT2D eigenvalue weighted by Crippen LogP contribution is 2.24. The van der Waals surface area contributed by atoms with Crippen LogP contribution in [0.1, 0.15) is 45.6 Å². The molecule has 3 atom stereocenters. The van der Waals surface area contributed by atoms with Gasteiger partial charge in [-0.1, -0.05) is 51.1 Å². The van der Waals surface area contributed by atoms with Gasteiger partial charge in [0.2, 0.25) is 11.8 Å². The largest absolute Gasteiger partial charge is 0.471 e. The molecule has 34 heavy (non-hydrogen) atoms. The summed E-state index contributed by atoms with van der Waals surface area (Å²) in [6.07, 6.45) is -3.24. The highest BCUT2D eigenvalue weighted by Gasteiger charge is 2.44. The van der Waals surface area contributed by atoms with Gasteiger partial charge < -0.3 is 20.9 Å². The number of nitrogens with zero attached hydrogens (tertiary/aromatic N) is 2. The smallest absolute Gasteiger partial charge is 0.343 e. The van der Waals surface area contributed by atoms with Gasteiger partial charge in [0.15, 0.2) is 0 Å². The van der Waals surface area contributed by atoms with E-state index in [9.17, 15) is 27.6 Å². The van der Waals surface area contributed by atoms with E-state index in [2.05, 4.69) is 5.32 Å². The molecule has 2 rings (SSSR count). The summed E-state index contributed by atoms with van der Waals surface area (Å²) in [4.78, 5) is 40.1. The van der Waals surface area contributed by atoms with Crippen LogP contribution < -0.4 is 11.1 Å². The van der Waals surface area contributed by atoms with Crippen LogP contribution in [0.15, 0.2) is 30.3 Å². The monoisotopic (exact) mass is 484 g/mol. The molecule has 1 saturated heterocycles. The summed E-state index contributed by atoms with van der Waals surface area (Å²) in [5.74, 6) is -2.96. The van der Waals surface area contributed by atoms with E-state index in [1.165, 1.54) is 4.90 Å². The zero-order valence-corrected chi connectivity index (χ0v) is 20.0. The Labute approximate surface area is 198 Å². The second kappa shape index (κ2) is 12.2. The molecule has 1 aromatic carbocycles. The van der Waals surface area contributed by atoms with Gasteiger partial charge in [-0.2, -0.15) is 13.2 Å². The maximum atomic E-state index is 13.3. The fourth-order valence-corrected chi connectivity index (χ4v) is 4.07. The number of hydrogen-bond donors (Lipinski definition) is 2. The minimum Gasteiger partial charge on any atom is -0.343 e. The van der Waals surface area contributed by atoms with E-state index in [1.807, 2.05) is 0 Å². The molecule has 3 amide bonds. The first-order chi connectivity index (χ1) is 16.0. The number of benzene rings is 1. The van der Waals surface area contributed by atoms with E-state index in [-0.39, 0.29) is 31.3 Å². The normalized spacial score (nSPS) is 18.0. The minimum atomic E-state index is -5.01. The van der Waals surface area contributed by atoms with Gasteiger partial charge in [-0.25, -0.2) is 0 Å². The van der Waals surface area contributed by atoms with Crippen LogP contribution in [0.3, 0.4) is 0 Å². The number of nitrogens with two attached hydrogens (primary N) is 1. The summed E-state index contributed by atoms with van der Waals surface area (Å²) < 4.78 is 39.9. The molecular weight excluding hydrogens is 449 g/mol. The molecule has 0 radical (unpaired) electrons. The first-order valence-electron chi connectivity index (χ1n) is 11.7. The van der Waals surface area contributed by atoms with Gasteiger partial charge in [0.05, 0.1) is 6.04 Å². The van der Waals surface area contributed by atoms with Crippen molar-refractivity contribution in [2.24, 2.45) is 11.7 Å². The third kappa shape index (κ3) is 7.44. The minimum absolute atomic E-state index is 0.114. The number of halogens is 3. The highest BCUT2D eigenvalue weighted by molar-refractivity contribution is 5.90. The van der Waals surface area contributed by atoms with E-state index < -0.39 is 36.1 Å². The van der Waals surface area contributed by atoms with Crippen LogP contribution in [-0.2, 0) is 20.8 Å². The van der Waals surface area contributed by atoms with E-state index in [0.717, 1.165) is 10.5 Å². The first-order valence-corrected chi connectivity index (χ1v) is 11.7. The molecule has 1 heterocycles. The Kier molecular flexibility index (Phi) is 9.90. The van der Waals surface area contributed by atoms with Crippen LogP contribution in [0.5, 0.6) is 0 Å². The molecule has 1 aliphatic heterocycles. The number of carbonyl (C=O) groups excluding carboxylic acids is 3. The average Bonchev–Trinajstić information content (AvgIpc) is 3.26. The third-order valence-electron chi connectivity index (χ3n) is 6.14. The third-order valence-corrected chi connectivity index (χ3v) is 6.14. The van der Waals surface area contributed by atoms with Crippen molar-refractivity contribution in [2.75, 3.05) is 19.6 Å². The molecule has 0 unspecified atom stereocenters. The lowest BCUT2D eigenvalue weighted by Crippen LogP contribution is -2.57. The SMILES string of the molecule is CC[C@H](N)C(=O)N[C@H](C(=O)N1CCC[C@H]1CN(CCc1ccccc1)C(=O)C(F)(F)F)C(C)C. The summed E-state index contributed by atoms with van der Waals surface area (Å²) in [5.41, 5.74) is 6.60. The molecule has 0 bridgehead atoms. The molecule has 10 heteroatoms. The maximum absolute atomic E-state index is 13.3. The van der Waals surface area contributed by atoms with Crippen molar-refractivity contribution >= 4 is 17.7 Å². The van der Waals surface area contributed by atoms with E-state index in [4.69, 9.17) is 5.73 Å². The van der Waals surface area contributed by atoms with Gasteiger partial charge in [-0.05, 0) is 37.2 Å². The van der Waals surface area contributed by atoms with Crippen LogP contribution in [0.2, 0.25) is 0 Å². The van der Waals surface area contributed by atoms with Crippen molar-refractivity contribution in [1.29, 1.82) is 0 Å². The topological polar surface area (TPSA) is 95.7 Å². The fraction of sp³-hybridized carbons (Fsp3) is 0.625. The van der Waals surface area contributed by atoms with Gasteiger partial charge in [0.25, 0.3) is 0 Å². The number of hydrogen-bond acceptors (Lipinski definition) is 4. The van der Waals surface area contributed by atoms with E-state index >= 15 is 0 Å². The Morgan fingerprint density at radius 1 is 1.21 bits per heavy atom. The lowest BCUT2D eigenvalue weighted by Gasteiger charge is -2.34. The second-order valence-electron chi connectivity index (χ2n) is 9.06. The van der Waals surface area contributed by atoms with Crippen LogP contribution in [0.4, 0.5) is 13.2 Å². The lowest BCUT2D eigenvalue weighted by atomic mass is 10.0. The Bertz CT molecular complexity index is 833. The Hall–Kier alpha value is -2.62. The molecule has 0 aromatic heterocycles. The lowest BCUT2D eigenvalue weighted by molar-refractivity contribution is -0.186. The molecule has 1 fully saturated rings. The summed E-state index contributed by atoms with van der Waals surface area (Å²) in [7, 11) is 0. The van der Waals surface area contributed by atoms with Gasteiger partial charge in [0.1, 0.15) is 6.04 Å². The Morgan fingerprint density at radius 3 is 2.41 bits per heavy atom. The maximum Gasteiger partial charge on any atom is 0.471 e. The number of carbonyl (C=O) groups is 3. The second-order valence-corrected chi connectivity index (χ2v) is 9.06. The highest BCUT2D eigenvalue weighted by atomic mass is 19.4.